The Balaban J connectivity index is 1.15. The molecule has 0 bridgehead atoms. The van der Waals surface area contributed by atoms with Crippen LogP contribution in [0.3, 0.4) is 0 Å². The third-order valence-electron chi connectivity index (χ3n) is 7.24. The average Bonchev–Trinajstić information content (AvgIpc) is 3.53. The molecule has 0 spiro atoms. The number of aryl methyl sites for hydroxylation is 2. The molecule has 0 aromatic carbocycles. The molecule has 0 amide bonds. The van der Waals surface area contributed by atoms with E-state index in [-0.39, 0.29) is 23.7 Å². The number of hydrogen-bond donors (Lipinski definition) is 1. The summed E-state index contributed by atoms with van der Waals surface area (Å²) in [4.78, 5) is 30.0. The van der Waals surface area contributed by atoms with Crippen molar-refractivity contribution in [3.05, 3.63) is 52.5 Å². The molecule has 2 unspecified atom stereocenters. The van der Waals surface area contributed by atoms with E-state index < -0.39 is 0 Å². The molecule has 2 saturated heterocycles. The van der Waals surface area contributed by atoms with Crippen molar-refractivity contribution in [2.24, 2.45) is 11.7 Å². The SMILES string of the molecule is CCc1noc(N2CCC([C@H](C)Oc3cnc(N4CC(N)C(n5cc(C)ccc5=O)C4)nc3)CC2)n1. The van der Waals surface area contributed by atoms with Crippen LogP contribution >= 0.6 is 0 Å². The summed E-state index contributed by atoms with van der Waals surface area (Å²) >= 11 is 0. The molecule has 2 N–H and O–H groups in total. The van der Waals surface area contributed by atoms with E-state index in [4.69, 9.17) is 15.0 Å². The van der Waals surface area contributed by atoms with Gasteiger partial charge in [0.2, 0.25) is 5.95 Å². The van der Waals surface area contributed by atoms with E-state index in [1.807, 2.05) is 31.0 Å². The number of piperidine rings is 1. The predicted octanol–water partition coefficient (Wildman–Crippen LogP) is 1.96. The molecule has 0 aliphatic carbocycles. The van der Waals surface area contributed by atoms with Crippen molar-refractivity contribution in [2.45, 2.75) is 58.2 Å². The molecule has 5 heterocycles. The first kappa shape index (κ1) is 24.2. The second kappa shape index (κ2) is 10.3. The highest BCUT2D eigenvalue weighted by molar-refractivity contribution is 5.35. The van der Waals surface area contributed by atoms with E-state index >= 15 is 0 Å². The predicted molar refractivity (Wildman–Crippen MR) is 135 cm³/mol. The van der Waals surface area contributed by atoms with Crippen molar-refractivity contribution >= 4 is 12.0 Å². The first-order valence-electron chi connectivity index (χ1n) is 12.7. The van der Waals surface area contributed by atoms with Crippen molar-refractivity contribution in [3.63, 3.8) is 0 Å². The minimum atomic E-state index is -0.185. The monoisotopic (exact) mass is 494 g/mol. The normalized spacial score (nSPS) is 21.7. The summed E-state index contributed by atoms with van der Waals surface area (Å²) in [6, 6.07) is 3.71. The Labute approximate surface area is 210 Å². The fourth-order valence-electron chi connectivity index (χ4n) is 5.06. The Hall–Kier alpha value is -3.47. The number of anilines is 2. The zero-order valence-electron chi connectivity index (χ0n) is 21.1. The maximum absolute atomic E-state index is 12.4. The quantitative estimate of drug-likeness (QED) is 0.520. The van der Waals surface area contributed by atoms with Gasteiger partial charge in [0.15, 0.2) is 11.6 Å². The molecule has 11 heteroatoms. The molecule has 2 fully saturated rings. The van der Waals surface area contributed by atoms with E-state index in [0.717, 1.165) is 43.7 Å². The zero-order chi connectivity index (χ0) is 25.2. The first-order chi connectivity index (χ1) is 17.4. The van der Waals surface area contributed by atoms with E-state index in [9.17, 15) is 4.79 Å². The van der Waals surface area contributed by atoms with Gasteiger partial charge in [-0.15, -0.1) is 0 Å². The van der Waals surface area contributed by atoms with Crippen LogP contribution in [0.1, 0.15) is 44.1 Å². The highest BCUT2D eigenvalue weighted by Crippen LogP contribution is 2.28. The van der Waals surface area contributed by atoms with Crippen LogP contribution in [0.25, 0.3) is 0 Å². The maximum atomic E-state index is 12.4. The van der Waals surface area contributed by atoms with Crippen LogP contribution in [0.2, 0.25) is 0 Å². The summed E-state index contributed by atoms with van der Waals surface area (Å²) in [5, 5.41) is 3.99. The van der Waals surface area contributed by atoms with Crippen LogP contribution in [-0.2, 0) is 6.42 Å². The van der Waals surface area contributed by atoms with Gasteiger partial charge in [-0.05, 0) is 38.2 Å². The summed E-state index contributed by atoms with van der Waals surface area (Å²) < 4.78 is 13.3. The largest absolute Gasteiger partial charge is 0.487 e. The Morgan fingerprint density at radius 2 is 1.92 bits per heavy atom. The van der Waals surface area contributed by atoms with Crippen molar-refractivity contribution in [2.75, 3.05) is 36.0 Å². The van der Waals surface area contributed by atoms with Crippen LogP contribution < -0.4 is 25.8 Å². The van der Waals surface area contributed by atoms with Crippen LogP contribution in [0, 0.1) is 12.8 Å². The van der Waals surface area contributed by atoms with Gasteiger partial charge in [0.25, 0.3) is 5.56 Å². The van der Waals surface area contributed by atoms with Gasteiger partial charge in [-0.3, -0.25) is 4.79 Å². The van der Waals surface area contributed by atoms with Crippen molar-refractivity contribution in [3.8, 4) is 5.75 Å². The number of rotatable bonds is 7. The highest BCUT2D eigenvalue weighted by Gasteiger charge is 2.33. The zero-order valence-corrected chi connectivity index (χ0v) is 21.1. The van der Waals surface area contributed by atoms with Crippen LogP contribution in [0.4, 0.5) is 12.0 Å². The summed E-state index contributed by atoms with van der Waals surface area (Å²) in [6.07, 6.45) is 8.07. The molecule has 0 saturated carbocycles. The molecular formula is C25H34N8O3. The lowest BCUT2D eigenvalue weighted by Crippen LogP contribution is -2.38. The lowest BCUT2D eigenvalue weighted by atomic mass is 9.92. The van der Waals surface area contributed by atoms with Gasteiger partial charge in [0.1, 0.15) is 0 Å². The van der Waals surface area contributed by atoms with Gasteiger partial charge < -0.3 is 29.4 Å². The molecule has 2 aliphatic rings. The minimum absolute atomic E-state index is 0.0354. The van der Waals surface area contributed by atoms with Crippen molar-refractivity contribution in [1.29, 1.82) is 0 Å². The summed E-state index contributed by atoms with van der Waals surface area (Å²) in [5.41, 5.74) is 7.37. The summed E-state index contributed by atoms with van der Waals surface area (Å²) in [7, 11) is 0. The third-order valence-corrected chi connectivity index (χ3v) is 7.24. The van der Waals surface area contributed by atoms with Gasteiger partial charge in [-0.25, -0.2) is 9.97 Å². The van der Waals surface area contributed by atoms with Gasteiger partial charge in [0.05, 0.1) is 24.5 Å². The Bertz CT molecular complexity index is 1220. The maximum Gasteiger partial charge on any atom is 0.324 e. The standard InChI is InChI=1S/C25H34N8O3/c1-4-22-29-25(36-30-22)31-9-7-18(8-10-31)17(3)35-19-11-27-24(28-12-19)32-14-20(26)21(15-32)33-13-16(2)5-6-23(33)34/h5-6,11-13,17-18,20-21H,4,7-10,14-15,26H2,1-3H3/t17-,20?,21?/m0/s1. The fourth-order valence-corrected chi connectivity index (χ4v) is 5.06. The summed E-state index contributed by atoms with van der Waals surface area (Å²) in [6.45, 7) is 8.97. The minimum Gasteiger partial charge on any atom is -0.487 e. The second-order valence-electron chi connectivity index (χ2n) is 9.80. The van der Waals surface area contributed by atoms with Crippen molar-refractivity contribution < 1.29 is 9.26 Å². The van der Waals surface area contributed by atoms with E-state index in [2.05, 4.69) is 31.9 Å². The number of hydrogen-bond acceptors (Lipinski definition) is 10. The van der Waals surface area contributed by atoms with Crippen LogP contribution in [0.15, 0.2) is 40.0 Å². The van der Waals surface area contributed by atoms with Gasteiger partial charge >= 0.3 is 6.01 Å². The number of nitrogens with zero attached hydrogens (tertiary/aromatic N) is 7. The Morgan fingerprint density at radius 1 is 1.17 bits per heavy atom. The van der Waals surface area contributed by atoms with Gasteiger partial charge in [0, 0.05) is 50.9 Å². The molecule has 192 valence electrons. The lowest BCUT2D eigenvalue weighted by molar-refractivity contribution is 0.131. The number of aromatic nitrogens is 5. The first-order valence-corrected chi connectivity index (χ1v) is 12.7. The number of pyridine rings is 1. The molecule has 2 aliphatic heterocycles. The molecule has 5 rings (SSSR count). The van der Waals surface area contributed by atoms with Crippen molar-refractivity contribution in [1.82, 2.24) is 24.7 Å². The number of ether oxygens (including phenoxy) is 1. The topological polar surface area (TPSA) is 128 Å². The molecular weight excluding hydrogens is 460 g/mol. The molecule has 3 atom stereocenters. The van der Waals surface area contributed by atoms with Crippen LogP contribution in [-0.4, -0.2) is 63.0 Å². The third kappa shape index (κ3) is 5.06. The molecule has 3 aromatic heterocycles. The van der Waals surface area contributed by atoms with E-state index in [1.165, 1.54) is 0 Å². The summed E-state index contributed by atoms with van der Waals surface area (Å²) in [5.74, 6) is 2.39. The molecule has 0 radical (unpaired) electrons. The molecule has 36 heavy (non-hydrogen) atoms. The average molecular weight is 495 g/mol. The Kier molecular flexibility index (Phi) is 6.90. The number of nitrogens with two attached hydrogens (primary N) is 1. The van der Waals surface area contributed by atoms with Gasteiger partial charge in [-0.1, -0.05) is 18.1 Å². The Morgan fingerprint density at radius 3 is 2.61 bits per heavy atom. The van der Waals surface area contributed by atoms with Gasteiger partial charge in [-0.2, -0.15) is 4.98 Å². The highest BCUT2D eigenvalue weighted by atomic mass is 16.5. The second-order valence-corrected chi connectivity index (χ2v) is 9.80. The van der Waals surface area contributed by atoms with E-state index in [1.54, 1.807) is 23.0 Å². The molecule has 11 nitrogen and oxygen atoms in total. The smallest absolute Gasteiger partial charge is 0.324 e. The van der Waals surface area contributed by atoms with E-state index in [0.29, 0.717) is 36.7 Å². The van der Waals surface area contributed by atoms with Crippen LogP contribution in [0.5, 0.6) is 5.75 Å². The molecule has 3 aromatic rings. The lowest BCUT2D eigenvalue weighted by Gasteiger charge is -2.33. The fraction of sp³-hybridized carbons (Fsp3) is 0.560.